The maximum absolute atomic E-state index is 12.5. The van der Waals surface area contributed by atoms with E-state index >= 15 is 0 Å². The van der Waals surface area contributed by atoms with Crippen molar-refractivity contribution in [1.82, 2.24) is 10.6 Å². The van der Waals surface area contributed by atoms with Gasteiger partial charge in [0.1, 0.15) is 30.9 Å². The van der Waals surface area contributed by atoms with Gasteiger partial charge in [-0.15, -0.1) is 6.42 Å². The summed E-state index contributed by atoms with van der Waals surface area (Å²) in [6.07, 6.45) is 4.33. The Kier molecular flexibility index (Phi) is 9.69. The average Bonchev–Trinajstić information content (AvgIpc) is 2.65. The van der Waals surface area contributed by atoms with Gasteiger partial charge in [-0.2, -0.15) is 0 Å². The minimum absolute atomic E-state index is 0.0356. The summed E-state index contributed by atoms with van der Waals surface area (Å²) < 4.78 is 15.5. The molecule has 0 fully saturated rings. The van der Waals surface area contributed by atoms with Gasteiger partial charge in [0.25, 0.3) is 0 Å². The van der Waals surface area contributed by atoms with E-state index in [9.17, 15) is 14.4 Å². The molecule has 2 amide bonds. The number of rotatable bonds is 9. The molecule has 1 rings (SSSR count). The van der Waals surface area contributed by atoms with Crippen molar-refractivity contribution in [3.05, 3.63) is 35.9 Å². The molecule has 0 aromatic heterocycles. The van der Waals surface area contributed by atoms with Gasteiger partial charge in [0, 0.05) is 0 Å². The maximum Gasteiger partial charge on any atom is 0.408 e. The minimum atomic E-state index is -1.10. The standard InChI is InChI=1S/C21H28N2O6/c1-6-12-27-14-17(18(24)22-15(2)19(25)29-21(3,4)5)23-20(26)28-13-16-10-8-7-9-11-16/h1,7-11,15,17H,12-14H2,2-5H3,(H,22,24)(H,23,26)/t15-,17+/m1/s1. The molecule has 1 aromatic carbocycles. The van der Waals surface area contributed by atoms with Crippen molar-refractivity contribution >= 4 is 18.0 Å². The van der Waals surface area contributed by atoms with Gasteiger partial charge >= 0.3 is 12.1 Å². The van der Waals surface area contributed by atoms with Gasteiger partial charge in [0.15, 0.2) is 0 Å². The Morgan fingerprint density at radius 1 is 1.14 bits per heavy atom. The second-order valence-electron chi connectivity index (χ2n) is 7.24. The first-order valence-electron chi connectivity index (χ1n) is 9.14. The van der Waals surface area contributed by atoms with E-state index in [1.807, 2.05) is 18.2 Å². The number of nitrogens with one attached hydrogen (secondary N) is 2. The van der Waals surface area contributed by atoms with E-state index in [0.29, 0.717) is 0 Å². The van der Waals surface area contributed by atoms with Crippen molar-refractivity contribution < 1.29 is 28.6 Å². The number of esters is 1. The number of ether oxygens (including phenoxy) is 3. The van der Waals surface area contributed by atoms with E-state index < -0.39 is 35.7 Å². The molecule has 29 heavy (non-hydrogen) atoms. The molecule has 0 aliphatic carbocycles. The molecule has 0 radical (unpaired) electrons. The van der Waals surface area contributed by atoms with E-state index in [1.54, 1.807) is 32.9 Å². The highest BCUT2D eigenvalue weighted by atomic mass is 16.6. The van der Waals surface area contributed by atoms with E-state index in [1.165, 1.54) is 6.92 Å². The summed E-state index contributed by atoms with van der Waals surface area (Å²) in [4.78, 5) is 36.6. The lowest BCUT2D eigenvalue weighted by Gasteiger charge is -2.24. The van der Waals surface area contributed by atoms with Crippen LogP contribution in [0.1, 0.15) is 33.3 Å². The quantitative estimate of drug-likeness (QED) is 0.369. The molecule has 0 aliphatic rings. The number of hydrogen-bond acceptors (Lipinski definition) is 6. The smallest absolute Gasteiger partial charge is 0.408 e. The molecule has 1 aromatic rings. The summed E-state index contributed by atoms with van der Waals surface area (Å²) in [5.41, 5.74) is 0.107. The number of alkyl carbamates (subject to hydrolysis) is 1. The largest absolute Gasteiger partial charge is 0.458 e. The fraction of sp³-hybridized carbons (Fsp3) is 0.476. The number of carbonyl (C=O) groups is 3. The maximum atomic E-state index is 12.5. The van der Waals surface area contributed by atoms with Gasteiger partial charge in [-0.3, -0.25) is 4.79 Å². The van der Waals surface area contributed by atoms with Crippen LogP contribution in [0.2, 0.25) is 0 Å². The van der Waals surface area contributed by atoms with Crippen molar-refractivity contribution in [2.24, 2.45) is 0 Å². The predicted molar refractivity (Wildman–Crippen MR) is 107 cm³/mol. The van der Waals surface area contributed by atoms with E-state index in [0.717, 1.165) is 5.56 Å². The molecule has 2 N–H and O–H groups in total. The van der Waals surface area contributed by atoms with E-state index in [2.05, 4.69) is 16.6 Å². The summed E-state index contributed by atoms with van der Waals surface area (Å²) in [6, 6.07) is 7.07. The molecule has 0 bridgehead atoms. The Balaban J connectivity index is 2.65. The van der Waals surface area contributed by atoms with Crippen LogP contribution in [0.4, 0.5) is 4.79 Å². The molecule has 0 aliphatic heterocycles. The molecule has 8 nitrogen and oxygen atoms in total. The molecule has 0 saturated carbocycles. The van der Waals surface area contributed by atoms with Crippen LogP contribution < -0.4 is 10.6 Å². The third kappa shape index (κ3) is 10.2. The highest BCUT2D eigenvalue weighted by Crippen LogP contribution is 2.08. The summed E-state index contributed by atoms with van der Waals surface area (Å²) >= 11 is 0. The number of hydrogen-bond donors (Lipinski definition) is 2. The van der Waals surface area contributed by atoms with Gasteiger partial charge in [-0.05, 0) is 33.3 Å². The Bertz CT molecular complexity index is 721. The topological polar surface area (TPSA) is 103 Å². The molecule has 8 heteroatoms. The average molecular weight is 404 g/mol. The Hall–Kier alpha value is -3.05. The van der Waals surface area contributed by atoms with E-state index in [-0.39, 0.29) is 19.8 Å². The number of carbonyl (C=O) groups excluding carboxylic acids is 3. The highest BCUT2D eigenvalue weighted by Gasteiger charge is 2.27. The van der Waals surface area contributed by atoms with Crippen molar-refractivity contribution in [2.75, 3.05) is 13.2 Å². The van der Waals surface area contributed by atoms with Crippen molar-refractivity contribution in [2.45, 2.75) is 52.0 Å². The third-order valence-electron chi connectivity index (χ3n) is 3.41. The number of benzene rings is 1. The van der Waals surface area contributed by atoms with Crippen LogP contribution >= 0.6 is 0 Å². The SMILES string of the molecule is C#CCOC[C@H](NC(=O)OCc1ccccc1)C(=O)N[C@H](C)C(=O)OC(C)(C)C. The van der Waals surface area contributed by atoms with Crippen molar-refractivity contribution in [3.63, 3.8) is 0 Å². The van der Waals surface area contributed by atoms with Crippen LogP contribution in [0.15, 0.2) is 30.3 Å². The zero-order valence-corrected chi connectivity index (χ0v) is 17.2. The first-order valence-corrected chi connectivity index (χ1v) is 9.14. The summed E-state index contributed by atoms with van der Waals surface area (Å²) in [7, 11) is 0. The monoisotopic (exact) mass is 404 g/mol. The summed E-state index contributed by atoms with van der Waals surface area (Å²) in [6.45, 7) is 6.48. The van der Waals surface area contributed by atoms with Crippen LogP contribution in [0.3, 0.4) is 0 Å². The lowest BCUT2D eigenvalue weighted by atomic mass is 10.2. The lowest BCUT2D eigenvalue weighted by Crippen LogP contribution is -2.53. The second-order valence-corrected chi connectivity index (χ2v) is 7.24. The second kappa shape index (κ2) is 11.7. The molecule has 2 atom stereocenters. The molecular formula is C21H28N2O6. The zero-order valence-electron chi connectivity index (χ0n) is 17.2. The van der Waals surface area contributed by atoms with Gasteiger partial charge in [-0.1, -0.05) is 36.3 Å². The molecule has 0 unspecified atom stereocenters. The first kappa shape index (κ1) is 24.0. The number of amides is 2. The fourth-order valence-corrected chi connectivity index (χ4v) is 2.09. The highest BCUT2D eigenvalue weighted by molar-refractivity contribution is 5.89. The van der Waals surface area contributed by atoms with Gasteiger partial charge in [-0.25, -0.2) is 9.59 Å². The zero-order chi connectivity index (χ0) is 21.9. The van der Waals surface area contributed by atoms with Gasteiger partial charge < -0.3 is 24.8 Å². The summed E-state index contributed by atoms with van der Waals surface area (Å²) in [5, 5.41) is 4.91. The van der Waals surface area contributed by atoms with Crippen LogP contribution in [0.25, 0.3) is 0 Å². The van der Waals surface area contributed by atoms with Crippen molar-refractivity contribution in [3.8, 4) is 12.3 Å². The third-order valence-corrected chi connectivity index (χ3v) is 3.41. The Morgan fingerprint density at radius 2 is 1.79 bits per heavy atom. The number of terminal acetylenes is 1. The Morgan fingerprint density at radius 3 is 2.38 bits per heavy atom. The van der Waals surface area contributed by atoms with E-state index in [4.69, 9.17) is 20.6 Å². The summed E-state index contributed by atoms with van der Waals surface area (Å²) in [5.74, 6) is 1.05. The molecule has 0 heterocycles. The van der Waals surface area contributed by atoms with Crippen LogP contribution in [0.5, 0.6) is 0 Å². The van der Waals surface area contributed by atoms with Gasteiger partial charge in [0.05, 0.1) is 6.61 Å². The molecule has 158 valence electrons. The normalized spacial score (nSPS) is 12.8. The first-order chi connectivity index (χ1) is 13.6. The predicted octanol–water partition coefficient (Wildman–Crippen LogP) is 1.78. The van der Waals surface area contributed by atoms with Crippen molar-refractivity contribution in [1.29, 1.82) is 0 Å². The van der Waals surface area contributed by atoms with Crippen LogP contribution in [-0.4, -0.2) is 48.9 Å². The minimum Gasteiger partial charge on any atom is -0.458 e. The Labute approximate surface area is 171 Å². The lowest BCUT2D eigenvalue weighted by molar-refractivity contribution is -0.158. The van der Waals surface area contributed by atoms with Crippen LogP contribution in [0, 0.1) is 12.3 Å². The molecule has 0 spiro atoms. The molecular weight excluding hydrogens is 376 g/mol. The molecule has 0 saturated heterocycles. The fourth-order valence-electron chi connectivity index (χ4n) is 2.09. The van der Waals surface area contributed by atoms with Gasteiger partial charge in [0.2, 0.25) is 5.91 Å². The van der Waals surface area contributed by atoms with Crippen LogP contribution in [-0.2, 0) is 30.4 Å².